The zero-order valence-electron chi connectivity index (χ0n) is 11.1. The number of carbonyl (C=O) groups excluding carboxylic acids is 1. The number of sulfone groups is 1. The maximum absolute atomic E-state index is 11.9. The van der Waals surface area contributed by atoms with Gasteiger partial charge in [-0.2, -0.15) is 0 Å². The molecule has 0 saturated carbocycles. The molecule has 0 amide bonds. The van der Waals surface area contributed by atoms with E-state index in [1.54, 1.807) is 7.05 Å². The monoisotopic (exact) mass is 285 g/mol. The fraction of sp³-hybridized carbons (Fsp3) is 0.462. The van der Waals surface area contributed by atoms with Crippen molar-refractivity contribution in [3.63, 3.8) is 0 Å². The number of methoxy groups -OCH3 is 1. The summed E-state index contributed by atoms with van der Waals surface area (Å²) in [6.45, 7) is 0. The molecule has 0 spiro atoms. The predicted octanol–water partition coefficient (Wildman–Crippen LogP) is 0.925. The van der Waals surface area contributed by atoms with Gasteiger partial charge in [0, 0.05) is 6.04 Å². The van der Waals surface area contributed by atoms with Gasteiger partial charge in [-0.05, 0) is 12.6 Å². The van der Waals surface area contributed by atoms with E-state index in [4.69, 9.17) is 0 Å². The number of carbonyl (C=O) groups is 1. The minimum Gasteiger partial charge on any atom is -0.469 e. The molecule has 0 aliphatic carbocycles. The van der Waals surface area contributed by atoms with Crippen molar-refractivity contribution in [3.8, 4) is 0 Å². The summed E-state index contributed by atoms with van der Waals surface area (Å²) in [6, 6.07) is 9.07. The first-order chi connectivity index (χ1) is 8.98. The van der Waals surface area contributed by atoms with Crippen molar-refractivity contribution in [1.82, 2.24) is 5.32 Å². The molecule has 19 heavy (non-hydrogen) atoms. The molecule has 1 atom stereocenters. The fourth-order valence-corrected chi connectivity index (χ4v) is 3.22. The highest BCUT2D eigenvalue weighted by molar-refractivity contribution is 7.91. The average molecular weight is 285 g/mol. The lowest BCUT2D eigenvalue weighted by Crippen LogP contribution is -2.27. The molecular weight excluding hydrogens is 266 g/mol. The van der Waals surface area contributed by atoms with Crippen molar-refractivity contribution in [3.05, 3.63) is 35.9 Å². The van der Waals surface area contributed by atoms with E-state index in [1.807, 2.05) is 30.3 Å². The van der Waals surface area contributed by atoms with Crippen molar-refractivity contribution in [2.75, 3.05) is 25.7 Å². The van der Waals surface area contributed by atoms with Gasteiger partial charge >= 0.3 is 5.97 Å². The molecule has 0 radical (unpaired) electrons. The Hall–Kier alpha value is -1.40. The largest absolute Gasteiger partial charge is 0.469 e. The summed E-state index contributed by atoms with van der Waals surface area (Å²) in [5.41, 5.74) is 0.909. The van der Waals surface area contributed by atoms with Crippen LogP contribution < -0.4 is 5.32 Å². The Kier molecular flexibility index (Phi) is 5.98. The number of hydrogen-bond acceptors (Lipinski definition) is 5. The molecular formula is C13H19NO4S. The highest BCUT2D eigenvalue weighted by Crippen LogP contribution is 2.15. The van der Waals surface area contributed by atoms with Gasteiger partial charge in [0.1, 0.15) is 0 Å². The topological polar surface area (TPSA) is 72.5 Å². The predicted molar refractivity (Wildman–Crippen MR) is 73.5 cm³/mol. The lowest BCUT2D eigenvalue weighted by Gasteiger charge is -2.16. The average Bonchev–Trinajstić information content (AvgIpc) is 2.43. The second-order valence-corrected chi connectivity index (χ2v) is 6.42. The van der Waals surface area contributed by atoms with Gasteiger partial charge in [0.15, 0.2) is 9.84 Å². The zero-order chi connectivity index (χ0) is 14.3. The highest BCUT2D eigenvalue weighted by Gasteiger charge is 2.20. The summed E-state index contributed by atoms with van der Waals surface area (Å²) < 4.78 is 28.3. The van der Waals surface area contributed by atoms with Crippen molar-refractivity contribution < 1.29 is 17.9 Å². The molecule has 1 aromatic rings. The third kappa shape index (κ3) is 5.40. The molecule has 1 aromatic carbocycles. The van der Waals surface area contributed by atoms with Crippen molar-refractivity contribution in [2.24, 2.45) is 0 Å². The first-order valence-electron chi connectivity index (χ1n) is 5.98. The Balaban J connectivity index is 2.67. The number of ether oxygens (including phenoxy) is 1. The van der Waals surface area contributed by atoms with Crippen LogP contribution in [0.3, 0.4) is 0 Å². The molecule has 1 unspecified atom stereocenters. The summed E-state index contributed by atoms with van der Waals surface area (Å²) in [6.07, 6.45) is -0.107. The number of hydrogen-bond donors (Lipinski definition) is 1. The van der Waals surface area contributed by atoms with Gasteiger partial charge in [-0.15, -0.1) is 0 Å². The molecule has 0 heterocycles. The maximum Gasteiger partial charge on any atom is 0.306 e. The van der Waals surface area contributed by atoms with E-state index >= 15 is 0 Å². The second kappa shape index (κ2) is 7.25. The van der Waals surface area contributed by atoms with Crippen molar-refractivity contribution in [1.29, 1.82) is 0 Å². The molecule has 1 N–H and O–H groups in total. The maximum atomic E-state index is 11.9. The second-order valence-electron chi connectivity index (χ2n) is 4.19. The molecule has 0 bridgehead atoms. The van der Waals surface area contributed by atoms with E-state index in [1.165, 1.54) is 7.11 Å². The Morgan fingerprint density at radius 2 is 1.95 bits per heavy atom. The minimum atomic E-state index is -3.31. The SMILES string of the molecule is CNC(CS(=O)(=O)CCC(=O)OC)c1ccccc1. The van der Waals surface area contributed by atoms with Crippen LogP contribution in [-0.2, 0) is 19.4 Å². The van der Waals surface area contributed by atoms with E-state index < -0.39 is 15.8 Å². The van der Waals surface area contributed by atoms with E-state index in [0.29, 0.717) is 0 Å². The van der Waals surface area contributed by atoms with E-state index in [9.17, 15) is 13.2 Å². The normalized spacial score (nSPS) is 12.9. The molecule has 6 heteroatoms. The summed E-state index contributed by atoms with van der Waals surface area (Å²) in [4.78, 5) is 11.0. The smallest absolute Gasteiger partial charge is 0.306 e. The first kappa shape index (κ1) is 15.7. The van der Waals surface area contributed by atoms with E-state index in [-0.39, 0.29) is 24.0 Å². The van der Waals surface area contributed by atoms with Crippen LogP contribution in [0.1, 0.15) is 18.0 Å². The molecule has 0 saturated heterocycles. The first-order valence-corrected chi connectivity index (χ1v) is 7.80. The summed E-state index contributed by atoms with van der Waals surface area (Å²) in [7, 11) is -0.348. The molecule has 0 aliphatic rings. The molecule has 0 aliphatic heterocycles. The summed E-state index contributed by atoms with van der Waals surface area (Å²) >= 11 is 0. The van der Waals surface area contributed by atoms with E-state index in [2.05, 4.69) is 10.1 Å². The van der Waals surface area contributed by atoms with Crippen LogP contribution in [0.4, 0.5) is 0 Å². The Morgan fingerprint density at radius 1 is 1.32 bits per heavy atom. The van der Waals surface area contributed by atoms with Crippen LogP contribution in [0.2, 0.25) is 0 Å². The summed E-state index contributed by atoms with van der Waals surface area (Å²) in [5.74, 6) is -0.737. The molecule has 0 aromatic heterocycles. The third-order valence-electron chi connectivity index (χ3n) is 2.82. The van der Waals surface area contributed by atoms with Crippen molar-refractivity contribution >= 4 is 15.8 Å². The highest BCUT2D eigenvalue weighted by atomic mass is 32.2. The third-order valence-corrected chi connectivity index (χ3v) is 4.48. The quantitative estimate of drug-likeness (QED) is 0.754. The van der Waals surface area contributed by atoms with Gasteiger partial charge in [-0.1, -0.05) is 30.3 Å². The molecule has 0 fully saturated rings. The van der Waals surface area contributed by atoms with Crippen LogP contribution in [0.25, 0.3) is 0 Å². The number of benzene rings is 1. The lowest BCUT2D eigenvalue weighted by molar-refractivity contribution is -0.140. The number of nitrogens with one attached hydrogen (secondary N) is 1. The van der Waals surface area contributed by atoms with Gasteiger partial charge in [-0.3, -0.25) is 4.79 Å². The van der Waals surface area contributed by atoms with Crippen LogP contribution in [0.5, 0.6) is 0 Å². The lowest BCUT2D eigenvalue weighted by atomic mass is 10.1. The van der Waals surface area contributed by atoms with Gasteiger partial charge in [0.2, 0.25) is 0 Å². The van der Waals surface area contributed by atoms with Gasteiger partial charge < -0.3 is 10.1 Å². The van der Waals surface area contributed by atoms with Crippen LogP contribution in [0.15, 0.2) is 30.3 Å². The minimum absolute atomic E-state index is 0.0372. The number of rotatable bonds is 7. The number of esters is 1. The van der Waals surface area contributed by atoms with Crippen LogP contribution in [-0.4, -0.2) is 40.1 Å². The van der Waals surface area contributed by atoms with Crippen LogP contribution >= 0.6 is 0 Å². The Bertz CT molecular complexity index is 499. The Labute approximate surface area is 113 Å². The summed E-state index contributed by atoms with van der Waals surface area (Å²) in [5, 5.41) is 2.98. The Morgan fingerprint density at radius 3 is 2.47 bits per heavy atom. The molecule has 1 rings (SSSR count). The zero-order valence-corrected chi connectivity index (χ0v) is 11.9. The van der Waals surface area contributed by atoms with Crippen molar-refractivity contribution in [2.45, 2.75) is 12.5 Å². The van der Waals surface area contributed by atoms with Gasteiger partial charge in [0.05, 0.1) is 25.0 Å². The molecule has 106 valence electrons. The standard InChI is InChI=1S/C13H19NO4S/c1-14-12(11-6-4-3-5-7-11)10-19(16,17)9-8-13(15)18-2/h3-7,12,14H,8-10H2,1-2H3. The fourth-order valence-electron chi connectivity index (χ4n) is 1.71. The van der Waals surface area contributed by atoms with Gasteiger partial charge in [-0.25, -0.2) is 8.42 Å². The van der Waals surface area contributed by atoms with E-state index in [0.717, 1.165) is 5.56 Å². The van der Waals surface area contributed by atoms with Gasteiger partial charge in [0.25, 0.3) is 0 Å². The van der Waals surface area contributed by atoms with Crippen LogP contribution in [0, 0.1) is 0 Å². The molecule has 5 nitrogen and oxygen atoms in total.